The van der Waals surface area contributed by atoms with Crippen molar-refractivity contribution in [3.8, 4) is 0 Å². The van der Waals surface area contributed by atoms with Gasteiger partial charge in [0.1, 0.15) is 10.8 Å². The Balaban J connectivity index is 2.17. The third-order valence-corrected chi connectivity index (χ3v) is 3.26. The Hall–Kier alpha value is -1.17. The van der Waals surface area contributed by atoms with Crippen molar-refractivity contribution in [1.82, 2.24) is 9.97 Å². The standard InChI is InChI=1S/C10H13ClF2N4/c1-6-5-17(3-2-10(6,12)13)9-15-4-7(11)8(14)16-9/h4,6H,2-3,5H2,1H3,(H2,14,15,16)/t6-/m0/s1. The van der Waals surface area contributed by atoms with Crippen LogP contribution in [0.15, 0.2) is 6.20 Å². The van der Waals surface area contributed by atoms with Crippen LogP contribution in [0.2, 0.25) is 5.02 Å². The number of aromatic nitrogens is 2. The van der Waals surface area contributed by atoms with Crippen molar-refractivity contribution in [3.63, 3.8) is 0 Å². The lowest BCUT2D eigenvalue weighted by Crippen LogP contribution is -2.46. The average Bonchev–Trinajstić information content (AvgIpc) is 2.26. The van der Waals surface area contributed by atoms with E-state index in [1.54, 1.807) is 4.90 Å². The molecule has 2 N–H and O–H groups in total. The lowest BCUT2D eigenvalue weighted by molar-refractivity contribution is -0.0653. The van der Waals surface area contributed by atoms with Crippen LogP contribution < -0.4 is 10.6 Å². The topological polar surface area (TPSA) is 55.0 Å². The monoisotopic (exact) mass is 262 g/mol. The summed E-state index contributed by atoms with van der Waals surface area (Å²) in [4.78, 5) is 9.70. The molecule has 1 aromatic heterocycles. The number of piperidine rings is 1. The maximum absolute atomic E-state index is 13.3. The predicted octanol–water partition coefficient (Wildman–Crippen LogP) is 2.19. The van der Waals surface area contributed by atoms with Crippen LogP contribution in [-0.4, -0.2) is 29.0 Å². The van der Waals surface area contributed by atoms with E-state index in [0.717, 1.165) is 0 Å². The van der Waals surface area contributed by atoms with Crippen LogP contribution in [0.1, 0.15) is 13.3 Å². The fourth-order valence-corrected chi connectivity index (χ4v) is 1.88. The number of anilines is 2. The van der Waals surface area contributed by atoms with E-state index in [4.69, 9.17) is 17.3 Å². The van der Waals surface area contributed by atoms with Gasteiger partial charge in [0.2, 0.25) is 5.95 Å². The first-order valence-electron chi connectivity index (χ1n) is 5.31. The van der Waals surface area contributed by atoms with Crippen molar-refractivity contribution < 1.29 is 8.78 Å². The lowest BCUT2D eigenvalue weighted by atomic mass is 9.96. The number of hydrogen-bond acceptors (Lipinski definition) is 4. The highest BCUT2D eigenvalue weighted by molar-refractivity contribution is 6.32. The third kappa shape index (κ3) is 2.41. The molecule has 1 aliphatic heterocycles. The second kappa shape index (κ2) is 4.25. The molecule has 1 fully saturated rings. The highest BCUT2D eigenvalue weighted by Gasteiger charge is 2.41. The minimum Gasteiger partial charge on any atom is -0.382 e. The molecular formula is C10H13ClF2N4. The number of hydrogen-bond donors (Lipinski definition) is 1. The summed E-state index contributed by atoms with van der Waals surface area (Å²) in [6.45, 7) is 1.96. The van der Waals surface area contributed by atoms with Gasteiger partial charge in [0.15, 0.2) is 0 Å². The number of nitrogen functional groups attached to an aromatic ring is 1. The van der Waals surface area contributed by atoms with Crippen molar-refractivity contribution in [2.75, 3.05) is 23.7 Å². The average molecular weight is 263 g/mol. The molecule has 4 nitrogen and oxygen atoms in total. The molecule has 2 rings (SSSR count). The molecular weight excluding hydrogens is 250 g/mol. The van der Waals surface area contributed by atoms with Crippen LogP contribution in [0.4, 0.5) is 20.5 Å². The summed E-state index contributed by atoms with van der Waals surface area (Å²) >= 11 is 5.71. The van der Waals surface area contributed by atoms with Gasteiger partial charge in [0.05, 0.1) is 6.20 Å². The Labute approximate surface area is 103 Å². The Morgan fingerprint density at radius 1 is 1.59 bits per heavy atom. The Bertz CT molecular complexity index is 427. The number of halogens is 3. The summed E-state index contributed by atoms with van der Waals surface area (Å²) in [5.74, 6) is -2.82. The van der Waals surface area contributed by atoms with Gasteiger partial charge < -0.3 is 10.6 Å². The van der Waals surface area contributed by atoms with Gasteiger partial charge in [-0.25, -0.2) is 13.8 Å². The minimum atomic E-state index is -2.62. The van der Waals surface area contributed by atoms with E-state index in [-0.39, 0.29) is 30.4 Å². The summed E-state index contributed by atoms with van der Waals surface area (Å²) in [6.07, 6.45) is 1.19. The fourth-order valence-electron chi connectivity index (χ4n) is 1.79. The second-order valence-corrected chi connectivity index (χ2v) is 4.67. The molecule has 0 aromatic carbocycles. The maximum atomic E-state index is 13.3. The van der Waals surface area contributed by atoms with Crippen LogP contribution in [-0.2, 0) is 0 Å². The molecule has 1 aromatic rings. The smallest absolute Gasteiger partial charge is 0.254 e. The molecule has 1 atom stereocenters. The van der Waals surface area contributed by atoms with E-state index in [2.05, 4.69) is 9.97 Å². The largest absolute Gasteiger partial charge is 0.382 e. The summed E-state index contributed by atoms with van der Waals surface area (Å²) in [7, 11) is 0. The van der Waals surface area contributed by atoms with Crippen LogP contribution >= 0.6 is 11.6 Å². The van der Waals surface area contributed by atoms with E-state index in [0.29, 0.717) is 5.95 Å². The molecule has 0 aliphatic carbocycles. The summed E-state index contributed by atoms with van der Waals surface area (Å²) < 4.78 is 26.6. The van der Waals surface area contributed by atoms with Gasteiger partial charge in [0, 0.05) is 25.4 Å². The van der Waals surface area contributed by atoms with E-state index in [9.17, 15) is 8.78 Å². The SMILES string of the molecule is C[C@H]1CN(c2ncc(Cl)c(N)n2)CCC1(F)F. The Morgan fingerprint density at radius 3 is 2.88 bits per heavy atom. The van der Waals surface area contributed by atoms with E-state index in [1.807, 2.05) is 0 Å². The van der Waals surface area contributed by atoms with E-state index in [1.165, 1.54) is 13.1 Å². The molecule has 94 valence electrons. The first-order valence-corrected chi connectivity index (χ1v) is 5.69. The maximum Gasteiger partial charge on any atom is 0.254 e. The van der Waals surface area contributed by atoms with Crippen molar-refractivity contribution in [3.05, 3.63) is 11.2 Å². The number of rotatable bonds is 1. The molecule has 2 heterocycles. The van der Waals surface area contributed by atoms with Crippen molar-refractivity contribution in [2.45, 2.75) is 19.3 Å². The van der Waals surface area contributed by atoms with E-state index >= 15 is 0 Å². The normalized spacial score (nSPS) is 23.8. The highest BCUT2D eigenvalue weighted by Crippen LogP contribution is 2.34. The number of nitrogens with two attached hydrogens (primary N) is 1. The molecule has 1 aliphatic rings. The van der Waals surface area contributed by atoms with Crippen LogP contribution in [0.3, 0.4) is 0 Å². The Morgan fingerprint density at radius 2 is 2.29 bits per heavy atom. The van der Waals surface area contributed by atoms with Crippen molar-refractivity contribution >= 4 is 23.4 Å². The minimum absolute atomic E-state index is 0.168. The molecule has 0 spiro atoms. The molecule has 7 heteroatoms. The molecule has 17 heavy (non-hydrogen) atoms. The summed E-state index contributed by atoms with van der Waals surface area (Å²) in [6, 6.07) is 0. The highest BCUT2D eigenvalue weighted by atomic mass is 35.5. The van der Waals surface area contributed by atoms with E-state index < -0.39 is 11.8 Å². The van der Waals surface area contributed by atoms with Crippen LogP contribution in [0.5, 0.6) is 0 Å². The Kier molecular flexibility index (Phi) is 3.07. The second-order valence-electron chi connectivity index (χ2n) is 4.26. The molecule has 0 bridgehead atoms. The molecule has 0 radical (unpaired) electrons. The fraction of sp³-hybridized carbons (Fsp3) is 0.600. The third-order valence-electron chi connectivity index (χ3n) is 2.97. The van der Waals surface area contributed by atoms with Crippen molar-refractivity contribution in [1.29, 1.82) is 0 Å². The summed E-state index contributed by atoms with van der Waals surface area (Å²) in [5.41, 5.74) is 5.56. The zero-order chi connectivity index (χ0) is 12.6. The first-order chi connectivity index (χ1) is 7.90. The van der Waals surface area contributed by atoms with Gasteiger partial charge in [-0.1, -0.05) is 18.5 Å². The van der Waals surface area contributed by atoms with Crippen molar-refractivity contribution in [2.24, 2.45) is 5.92 Å². The van der Waals surface area contributed by atoms with Crippen LogP contribution in [0, 0.1) is 5.92 Å². The van der Waals surface area contributed by atoms with Gasteiger partial charge in [0.25, 0.3) is 5.92 Å². The number of nitrogens with zero attached hydrogens (tertiary/aromatic N) is 3. The zero-order valence-electron chi connectivity index (χ0n) is 9.33. The van der Waals surface area contributed by atoms with Gasteiger partial charge >= 0.3 is 0 Å². The predicted molar refractivity (Wildman–Crippen MR) is 62.4 cm³/mol. The quantitative estimate of drug-likeness (QED) is 0.843. The molecule has 0 unspecified atom stereocenters. The van der Waals surface area contributed by atoms with Gasteiger partial charge in [-0.2, -0.15) is 4.98 Å². The molecule has 0 amide bonds. The van der Waals surface area contributed by atoms with Gasteiger partial charge in [-0.15, -0.1) is 0 Å². The lowest BCUT2D eigenvalue weighted by Gasteiger charge is -2.36. The van der Waals surface area contributed by atoms with Crippen LogP contribution in [0.25, 0.3) is 0 Å². The van der Waals surface area contributed by atoms with Gasteiger partial charge in [-0.05, 0) is 0 Å². The number of alkyl halides is 2. The first kappa shape index (κ1) is 12.3. The zero-order valence-corrected chi connectivity index (χ0v) is 10.1. The van der Waals surface area contributed by atoms with Gasteiger partial charge in [-0.3, -0.25) is 0 Å². The summed E-state index contributed by atoms with van der Waals surface area (Å²) in [5, 5.41) is 0.268. The molecule has 1 saturated heterocycles. The molecule has 0 saturated carbocycles.